The van der Waals surface area contributed by atoms with E-state index >= 15 is 0 Å². The zero-order valence-electron chi connectivity index (χ0n) is 10.2. The molecule has 6 heteroatoms. The summed E-state index contributed by atoms with van der Waals surface area (Å²) in [6.45, 7) is 2.11. The normalized spacial score (nSPS) is 15.2. The van der Waals surface area contributed by atoms with Crippen LogP contribution in [0.1, 0.15) is 18.9 Å². The summed E-state index contributed by atoms with van der Waals surface area (Å²) in [7, 11) is 1.74. The lowest BCUT2D eigenvalue weighted by Gasteiger charge is -2.24. The maximum Gasteiger partial charge on any atom is 0.573 e. The van der Waals surface area contributed by atoms with E-state index in [4.69, 9.17) is 0 Å². The van der Waals surface area contributed by atoms with Crippen molar-refractivity contribution in [1.82, 2.24) is 5.32 Å². The monoisotopic (exact) mass is 263 g/mol. The molecule has 0 heterocycles. The minimum atomic E-state index is -4.73. The van der Waals surface area contributed by atoms with E-state index in [1.165, 1.54) is 18.2 Å². The number of ether oxygens (including phenoxy) is 1. The third-order valence-corrected chi connectivity index (χ3v) is 2.55. The van der Waals surface area contributed by atoms with E-state index in [9.17, 15) is 18.3 Å². The van der Waals surface area contributed by atoms with Gasteiger partial charge in [-0.05, 0) is 44.6 Å². The number of benzene rings is 1. The van der Waals surface area contributed by atoms with Crippen LogP contribution in [0.2, 0.25) is 0 Å². The number of hydrogen-bond acceptors (Lipinski definition) is 3. The van der Waals surface area contributed by atoms with Crippen LogP contribution in [-0.2, 0) is 5.60 Å². The Bertz CT molecular complexity index is 391. The molecule has 0 aliphatic carbocycles. The molecule has 1 unspecified atom stereocenters. The highest BCUT2D eigenvalue weighted by Gasteiger charge is 2.32. The SMILES string of the molecule is CNCCC(C)(O)c1cccc(OC(F)(F)F)c1. The van der Waals surface area contributed by atoms with Gasteiger partial charge >= 0.3 is 6.36 Å². The minimum Gasteiger partial charge on any atom is -0.406 e. The topological polar surface area (TPSA) is 41.5 Å². The van der Waals surface area contributed by atoms with E-state index in [0.29, 0.717) is 18.5 Å². The van der Waals surface area contributed by atoms with Gasteiger partial charge < -0.3 is 15.2 Å². The van der Waals surface area contributed by atoms with E-state index < -0.39 is 12.0 Å². The molecule has 0 bridgehead atoms. The largest absolute Gasteiger partial charge is 0.573 e. The van der Waals surface area contributed by atoms with Crippen LogP contribution in [0.5, 0.6) is 5.75 Å². The summed E-state index contributed by atoms with van der Waals surface area (Å²) in [6.07, 6.45) is -4.34. The van der Waals surface area contributed by atoms with Crippen molar-refractivity contribution in [3.63, 3.8) is 0 Å². The highest BCUT2D eigenvalue weighted by atomic mass is 19.4. The van der Waals surface area contributed by atoms with Crippen molar-refractivity contribution in [3.8, 4) is 5.75 Å². The molecule has 1 atom stereocenters. The van der Waals surface area contributed by atoms with Gasteiger partial charge in [0.1, 0.15) is 5.75 Å². The Morgan fingerprint density at radius 2 is 2.00 bits per heavy atom. The first-order valence-corrected chi connectivity index (χ1v) is 5.48. The third-order valence-electron chi connectivity index (χ3n) is 2.55. The van der Waals surface area contributed by atoms with Crippen LogP contribution >= 0.6 is 0 Å². The summed E-state index contributed by atoms with van der Waals surface area (Å²) < 4.78 is 40.0. The lowest BCUT2D eigenvalue weighted by atomic mass is 9.92. The van der Waals surface area contributed by atoms with Crippen LogP contribution in [-0.4, -0.2) is 25.1 Å². The summed E-state index contributed by atoms with van der Waals surface area (Å²) >= 11 is 0. The van der Waals surface area contributed by atoms with Crippen LogP contribution in [0.25, 0.3) is 0 Å². The van der Waals surface area contributed by atoms with Gasteiger partial charge in [0.25, 0.3) is 0 Å². The van der Waals surface area contributed by atoms with Gasteiger partial charge in [0.15, 0.2) is 0 Å². The van der Waals surface area contributed by atoms with Gasteiger partial charge in [-0.3, -0.25) is 0 Å². The number of rotatable bonds is 5. The molecule has 0 radical (unpaired) electrons. The molecule has 0 fully saturated rings. The molecule has 0 saturated heterocycles. The second kappa shape index (κ2) is 5.58. The van der Waals surface area contributed by atoms with E-state index in [-0.39, 0.29) is 5.75 Å². The molecule has 1 aromatic rings. The fourth-order valence-electron chi connectivity index (χ4n) is 1.54. The van der Waals surface area contributed by atoms with Gasteiger partial charge in [0, 0.05) is 0 Å². The summed E-state index contributed by atoms with van der Waals surface area (Å²) in [5.74, 6) is -0.329. The van der Waals surface area contributed by atoms with Crippen molar-refractivity contribution in [1.29, 1.82) is 0 Å². The Hall–Kier alpha value is -1.27. The average molecular weight is 263 g/mol. The maximum atomic E-state index is 12.1. The smallest absolute Gasteiger partial charge is 0.406 e. The molecule has 18 heavy (non-hydrogen) atoms. The zero-order chi connectivity index (χ0) is 13.8. The molecule has 0 spiro atoms. The molecule has 102 valence electrons. The minimum absolute atomic E-state index is 0.329. The number of nitrogens with one attached hydrogen (secondary N) is 1. The third kappa shape index (κ3) is 4.54. The zero-order valence-corrected chi connectivity index (χ0v) is 10.2. The average Bonchev–Trinajstić information content (AvgIpc) is 2.24. The molecule has 0 aliphatic heterocycles. The predicted molar refractivity (Wildman–Crippen MR) is 61.2 cm³/mol. The quantitative estimate of drug-likeness (QED) is 0.857. The molecule has 0 amide bonds. The van der Waals surface area contributed by atoms with Crippen LogP contribution < -0.4 is 10.1 Å². The Kier molecular flexibility index (Phi) is 4.59. The van der Waals surface area contributed by atoms with Gasteiger partial charge in [-0.25, -0.2) is 0 Å². The van der Waals surface area contributed by atoms with E-state index in [0.717, 1.165) is 0 Å². The molecule has 2 N–H and O–H groups in total. The number of alkyl halides is 3. The maximum absolute atomic E-state index is 12.1. The molecule has 3 nitrogen and oxygen atoms in total. The van der Waals surface area contributed by atoms with Gasteiger partial charge in [-0.2, -0.15) is 0 Å². The highest BCUT2D eigenvalue weighted by Crippen LogP contribution is 2.29. The van der Waals surface area contributed by atoms with Crippen molar-refractivity contribution in [2.45, 2.75) is 25.3 Å². The fraction of sp³-hybridized carbons (Fsp3) is 0.500. The first-order chi connectivity index (χ1) is 8.24. The standard InChI is InChI=1S/C12H16F3NO2/c1-11(17,6-7-16-2)9-4-3-5-10(8-9)18-12(13,14)15/h3-5,8,16-17H,6-7H2,1-2H3. The van der Waals surface area contributed by atoms with Crippen molar-refractivity contribution < 1.29 is 23.0 Å². The number of aliphatic hydroxyl groups is 1. The second-order valence-corrected chi connectivity index (χ2v) is 4.20. The van der Waals surface area contributed by atoms with E-state index in [2.05, 4.69) is 10.1 Å². The predicted octanol–water partition coefficient (Wildman–Crippen LogP) is 2.40. The Morgan fingerprint density at radius 3 is 2.56 bits per heavy atom. The second-order valence-electron chi connectivity index (χ2n) is 4.20. The Labute approximate surface area is 104 Å². The van der Waals surface area contributed by atoms with Crippen molar-refractivity contribution in [2.75, 3.05) is 13.6 Å². The van der Waals surface area contributed by atoms with Gasteiger partial charge in [-0.1, -0.05) is 12.1 Å². The molecule has 0 saturated carbocycles. The molecule has 1 aromatic carbocycles. The van der Waals surface area contributed by atoms with Crippen LogP contribution in [0.4, 0.5) is 13.2 Å². The molecule has 0 aliphatic rings. The number of hydrogen-bond donors (Lipinski definition) is 2. The van der Waals surface area contributed by atoms with Crippen LogP contribution in [0.15, 0.2) is 24.3 Å². The van der Waals surface area contributed by atoms with Gasteiger partial charge in [0.05, 0.1) is 5.60 Å². The fourth-order valence-corrected chi connectivity index (χ4v) is 1.54. The highest BCUT2D eigenvalue weighted by molar-refractivity contribution is 5.32. The summed E-state index contributed by atoms with van der Waals surface area (Å²) in [5.41, 5.74) is -0.812. The van der Waals surface area contributed by atoms with E-state index in [1.807, 2.05) is 0 Å². The van der Waals surface area contributed by atoms with Crippen LogP contribution in [0, 0.1) is 0 Å². The van der Waals surface area contributed by atoms with Gasteiger partial charge in [0.2, 0.25) is 0 Å². The summed E-state index contributed by atoms with van der Waals surface area (Å²) in [6, 6.07) is 5.39. The molecule has 1 rings (SSSR count). The molecule has 0 aromatic heterocycles. The first-order valence-electron chi connectivity index (χ1n) is 5.48. The van der Waals surface area contributed by atoms with E-state index in [1.54, 1.807) is 20.0 Å². The first kappa shape index (κ1) is 14.8. The lowest BCUT2D eigenvalue weighted by Crippen LogP contribution is -2.26. The van der Waals surface area contributed by atoms with Gasteiger partial charge in [-0.15, -0.1) is 13.2 Å². The molecular formula is C12H16F3NO2. The van der Waals surface area contributed by atoms with Crippen molar-refractivity contribution in [2.24, 2.45) is 0 Å². The Morgan fingerprint density at radius 1 is 1.33 bits per heavy atom. The Balaban J connectivity index is 2.87. The summed E-state index contributed by atoms with van der Waals surface area (Å²) in [5, 5.41) is 13.0. The lowest BCUT2D eigenvalue weighted by molar-refractivity contribution is -0.274. The van der Waals surface area contributed by atoms with Crippen LogP contribution in [0.3, 0.4) is 0 Å². The van der Waals surface area contributed by atoms with Crippen molar-refractivity contribution >= 4 is 0 Å². The number of halogens is 3. The summed E-state index contributed by atoms with van der Waals surface area (Å²) in [4.78, 5) is 0. The molecular weight excluding hydrogens is 247 g/mol. The van der Waals surface area contributed by atoms with Crippen molar-refractivity contribution in [3.05, 3.63) is 29.8 Å².